The van der Waals surface area contributed by atoms with Crippen LogP contribution in [-0.2, 0) is 6.42 Å². The van der Waals surface area contributed by atoms with Crippen LogP contribution in [0.1, 0.15) is 29.9 Å². The van der Waals surface area contributed by atoms with E-state index >= 15 is 0 Å². The molecule has 3 rings (SSSR count). The number of aromatic amines is 1. The minimum atomic E-state index is -0.347. The molecule has 0 saturated heterocycles. The molecule has 0 radical (unpaired) electrons. The predicted octanol–water partition coefficient (Wildman–Crippen LogP) is 3.20. The number of pyridine rings is 1. The molecule has 0 bridgehead atoms. The first kappa shape index (κ1) is 16.2. The van der Waals surface area contributed by atoms with Crippen LogP contribution < -0.4 is 15.6 Å². The van der Waals surface area contributed by atoms with Gasteiger partial charge in [-0.1, -0.05) is 18.3 Å². The molecule has 6 nitrogen and oxygen atoms in total. The van der Waals surface area contributed by atoms with Gasteiger partial charge in [0, 0.05) is 17.3 Å². The molecule has 7 heteroatoms. The van der Waals surface area contributed by atoms with Crippen LogP contribution >= 0.6 is 11.3 Å². The molecule has 24 heavy (non-hydrogen) atoms. The van der Waals surface area contributed by atoms with E-state index in [0.29, 0.717) is 23.7 Å². The van der Waals surface area contributed by atoms with Gasteiger partial charge in [0.15, 0.2) is 5.13 Å². The number of H-pyrrole nitrogens is 1. The maximum Gasteiger partial charge on any atom is 0.257 e. The van der Waals surface area contributed by atoms with Gasteiger partial charge < -0.3 is 9.72 Å². The Morgan fingerprint density at radius 2 is 2.12 bits per heavy atom. The molecular formula is C17H17N3O3S. The summed E-state index contributed by atoms with van der Waals surface area (Å²) < 4.78 is 6.39. The fourth-order valence-corrected chi connectivity index (χ4v) is 3.20. The van der Waals surface area contributed by atoms with Gasteiger partial charge in [-0.25, -0.2) is 4.98 Å². The quantitative estimate of drug-likeness (QED) is 0.745. The number of nitrogens with zero attached hydrogens (tertiary/aromatic N) is 1. The number of carbonyl (C=O) groups excluding carboxylic acids is 1. The first-order chi connectivity index (χ1) is 11.6. The Morgan fingerprint density at radius 3 is 2.88 bits per heavy atom. The number of aromatic nitrogens is 2. The normalized spacial score (nSPS) is 10.8. The summed E-state index contributed by atoms with van der Waals surface area (Å²) in [4.78, 5) is 31.0. The fraction of sp³-hybridized carbons (Fsp3) is 0.235. The molecule has 2 aromatic heterocycles. The number of fused-ring (bicyclic) bond motifs is 1. The smallest absolute Gasteiger partial charge is 0.257 e. The van der Waals surface area contributed by atoms with E-state index < -0.39 is 0 Å². The van der Waals surface area contributed by atoms with Crippen molar-refractivity contribution in [3.8, 4) is 5.75 Å². The number of rotatable bonds is 5. The van der Waals surface area contributed by atoms with Crippen molar-refractivity contribution in [2.75, 3.05) is 11.9 Å². The largest absolute Gasteiger partial charge is 0.494 e. The second kappa shape index (κ2) is 6.84. The van der Waals surface area contributed by atoms with Crippen molar-refractivity contribution < 1.29 is 9.53 Å². The van der Waals surface area contributed by atoms with Crippen molar-refractivity contribution >= 4 is 32.6 Å². The average Bonchev–Trinajstić information content (AvgIpc) is 2.96. The highest BCUT2D eigenvalue weighted by atomic mass is 32.1. The second-order valence-electron chi connectivity index (χ2n) is 5.15. The number of amides is 1. The maximum atomic E-state index is 12.4. The summed E-state index contributed by atoms with van der Waals surface area (Å²) in [7, 11) is 0. The highest BCUT2D eigenvalue weighted by molar-refractivity contribution is 7.22. The lowest BCUT2D eigenvalue weighted by Gasteiger charge is -2.03. The molecule has 3 aromatic rings. The summed E-state index contributed by atoms with van der Waals surface area (Å²) in [6, 6.07) is 8.57. The van der Waals surface area contributed by atoms with Crippen LogP contribution in [0.3, 0.4) is 0 Å². The number of hydrogen-bond acceptors (Lipinski definition) is 5. The number of carbonyl (C=O) groups is 1. The van der Waals surface area contributed by atoms with Crippen LogP contribution in [0.4, 0.5) is 5.13 Å². The SMILES string of the molecule is CCOc1ccc2nc(NC(=O)c3cc(CC)[nH]c(=O)c3)sc2c1. The summed E-state index contributed by atoms with van der Waals surface area (Å²) >= 11 is 1.37. The molecule has 2 heterocycles. The summed E-state index contributed by atoms with van der Waals surface area (Å²) in [5.41, 5.74) is 1.55. The number of thiazole rings is 1. The number of nitrogens with one attached hydrogen (secondary N) is 2. The third-order valence-corrected chi connectivity index (χ3v) is 4.37. The first-order valence-electron chi connectivity index (χ1n) is 7.67. The lowest BCUT2D eigenvalue weighted by atomic mass is 10.2. The van der Waals surface area contributed by atoms with E-state index in [9.17, 15) is 9.59 Å². The van der Waals surface area contributed by atoms with Gasteiger partial charge in [0.05, 0.1) is 16.8 Å². The number of aryl methyl sites for hydroxylation is 1. The van der Waals surface area contributed by atoms with Crippen molar-refractivity contribution in [2.45, 2.75) is 20.3 Å². The van der Waals surface area contributed by atoms with Gasteiger partial charge in [-0.15, -0.1) is 0 Å². The molecule has 1 aromatic carbocycles. The Labute approximate surface area is 142 Å². The number of anilines is 1. The van der Waals surface area contributed by atoms with E-state index in [4.69, 9.17) is 4.74 Å². The van der Waals surface area contributed by atoms with E-state index in [1.165, 1.54) is 17.4 Å². The molecule has 0 atom stereocenters. The Balaban J connectivity index is 1.85. The Bertz CT molecular complexity index is 946. The van der Waals surface area contributed by atoms with E-state index in [-0.39, 0.29) is 11.5 Å². The summed E-state index contributed by atoms with van der Waals surface area (Å²) in [5, 5.41) is 3.24. The summed E-state index contributed by atoms with van der Waals surface area (Å²) in [5.74, 6) is 0.425. The van der Waals surface area contributed by atoms with Crippen molar-refractivity contribution in [1.29, 1.82) is 0 Å². The van der Waals surface area contributed by atoms with Crippen molar-refractivity contribution in [3.63, 3.8) is 0 Å². The van der Waals surface area contributed by atoms with E-state index in [1.54, 1.807) is 6.07 Å². The third kappa shape index (κ3) is 3.46. The summed E-state index contributed by atoms with van der Waals surface area (Å²) in [6.45, 7) is 4.43. The van der Waals surface area contributed by atoms with Gasteiger partial charge >= 0.3 is 0 Å². The highest BCUT2D eigenvalue weighted by Gasteiger charge is 2.12. The van der Waals surface area contributed by atoms with Gasteiger partial charge in [0.1, 0.15) is 5.75 Å². The Kier molecular flexibility index (Phi) is 4.61. The molecular weight excluding hydrogens is 326 g/mol. The first-order valence-corrected chi connectivity index (χ1v) is 8.48. The van der Waals surface area contributed by atoms with E-state index in [2.05, 4.69) is 15.3 Å². The zero-order chi connectivity index (χ0) is 17.1. The molecule has 0 aliphatic carbocycles. The van der Waals surface area contributed by atoms with Crippen LogP contribution in [-0.4, -0.2) is 22.5 Å². The van der Waals surface area contributed by atoms with Crippen molar-refractivity contribution in [2.24, 2.45) is 0 Å². The summed E-state index contributed by atoms with van der Waals surface area (Å²) in [6.07, 6.45) is 0.650. The monoisotopic (exact) mass is 343 g/mol. The van der Waals surface area contributed by atoms with E-state index in [1.807, 2.05) is 32.0 Å². The third-order valence-electron chi connectivity index (χ3n) is 3.43. The average molecular weight is 343 g/mol. The van der Waals surface area contributed by atoms with Gasteiger partial charge in [0.25, 0.3) is 5.91 Å². The van der Waals surface area contributed by atoms with Gasteiger partial charge in [-0.05, 0) is 37.6 Å². The van der Waals surface area contributed by atoms with Crippen LogP contribution in [0.25, 0.3) is 10.2 Å². The lowest BCUT2D eigenvalue weighted by molar-refractivity contribution is 0.102. The van der Waals surface area contributed by atoms with Crippen LogP contribution in [0, 0.1) is 0 Å². The highest BCUT2D eigenvalue weighted by Crippen LogP contribution is 2.29. The molecule has 1 amide bonds. The second-order valence-corrected chi connectivity index (χ2v) is 6.18. The molecule has 0 aliphatic heterocycles. The zero-order valence-electron chi connectivity index (χ0n) is 13.4. The maximum absolute atomic E-state index is 12.4. The van der Waals surface area contributed by atoms with Crippen LogP contribution in [0.5, 0.6) is 5.75 Å². The predicted molar refractivity (Wildman–Crippen MR) is 95.2 cm³/mol. The van der Waals surface area contributed by atoms with Crippen molar-refractivity contribution in [3.05, 3.63) is 51.9 Å². The molecule has 0 aliphatic rings. The number of ether oxygens (including phenoxy) is 1. The molecule has 0 fully saturated rings. The van der Waals surface area contributed by atoms with Crippen LogP contribution in [0.2, 0.25) is 0 Å². The number of hydrogen-bond donors (Lipinski definition) is 2. The minimum Gasteiger partial charge on any atom is -0.494 e. The molecule has 0 spiro atoms. The van der Waals surface area contributed by atoms with Crippen LogP contribution in [0.15, 0.2) is 35.1 Å². The molecule has 0 saturated carbocycles. The zero-order valence-corrected chi connectivity index (χ0v) is 14.2. The molecule has 0 unspecified atom stereocenters. The van der Waals surface area contributed by atoms with Gasteiger partial charge in [-0.3, -0.25) is 14.9 Å². The van der Waals surface area contributed by atoms with E-state index in [0.717, 1.165) is 21.7 Å². The van der Waals surface area contributed by atoms with Gasteiger partial charge in [0.2, 0.25) is 5.56 Å². The lowest BCUT2D eigenvalue weighted by Crippen LogP contribution is -2.17. The Morgan fingerprint density at radius 1 is 1.29 bits per heavy atom. The molecule has 2 N–H and O–H groups in total. The van der Waals surface area contributed by atoms with Gasteiger partial charge in [-0.2, -0.15) is 0 Å². The molecule has 124 valence electrons. The number of benzene rings is 1. The topological polar surface area (TPSA) is 84.1 Å². The van der Waals surface area contributed by atoms with Crippen molar-refractivity contribution in [1.82, 2.24) is 9.97 Å². The fourth-order valence-electron chi connectivity index (χ4n) is 2.31. The Hall–Kier alpha value is -2.67. The standard InChI is InChI=1S/C17H17N3O3S/c1-3-11-7-10(8-15(21)18-11)16(22)20-17-19-13-6-5-12(23-4-2)9-14(13)24-17/h5-9H,3-4H2,1-2H3,(H,18,21)(H,19,20,22). The minimum absolute atomic E-state index is 0.287.